The third-order valence-electron chi connectivity index (χ3n) is 1.70. The van der Waals surface area contributed by atoms with Gasteiger partial charge < -0.3 is 4.98 Å². The van der Waals surface area contributed by atoms with Gasteiger partial charge in [-0.25, -0.2) is 4.98 Å². The maximum absolute atomic E-state index is 10.5. The van der Waals surface area contributed by atoms with Gasteiger partial charge in [-0.3, -0.25) is 4.79 Å². The number of H-pyrrole nitrogens is 1. The molecule has 66 valence electrons. The molecule has 0 fully saturated rings. The lowest BCUT2D eigenvalue weighted by Crippen LogP contribution is -1.78. The number of hydrogen-bond acceptors (Lipinski definition) is 2. The molecule has 0 saturated heterocycles. The SMILES string of the molecule is O=Cc1cc2c(Cl)c(Br)cnc2[nH]1. The largest absolute Gasteiger partial charge is 0.337 e. The number of fused-ring (bicyclic) bond motifs is 1. The van der Waals surface area contributed by atoms with E-state index < -0.39 is 0 Å². The Labute approximate surface area is 87.2 Å². The summed E-state index contributed by atoms with van der Waals surface area (Å²) in [5, 5.41) is 1.31. The van der Waals surface area contributed by atoms with E-state index in [1.165, 1.54) is 0 Å². The van der Waals surface area contributed by atoms with Crippen molar-refractivity contribution in [3.05, 3.63) is 27.5 Å². The monoisotopic (exact) mass is 258 g/mol. The van der Waals surface area contributed by atoms with Crippen molar-refractivity contribution in [3.63, 3.8) is 0 Å². The third-order valence-corrected chi connectivity index (χ3v) is 2.93. The molecule has 0 spiro atoms. The Balaban J connectivity index is 2.83. The zero-order chi connectivity index (χ0) is 9.42. The van der Waals surface area contributed by atoms with Gasteiger partial charge in [-0.15, -0.1) is 0 Å². The van der Waals surface area contributed by atoms with Crippen molar-refractivity contribution in [2.24, 2.45) is 0 Å². The first kappa shape index (κ1) is 8.72. The molecule has 2 aromatic rings. The first-order valence-electron chi connectivity index (χ1n) is 3.50. The molecule has 2 rings (SSSR count). The molecule has 0 amide bonds. The third kappa shape index (κ3) is 1.36. The molecule has 0 radical (unpaired) electrons. The summed E-state index contributed by atoms with van der Waals surface area (Å²) in [5.74, 6) is 0. The van der Waals surface area contributed by atoms with Gasteiger partial charge in [-0.2, -0.15) is 0 Å². The normalized spacial score (nSPS) is 10.6. The van der Waals surface area contributed by atoms with Gasteiger partial charge in [-0.1, -0.05) is 11.6 Å². The second kappa shape index (κ2) is 3.12. The summed E-state index contributed by atoms with van der Waals surface area (Å²) in [6, 6.07) is 1.67. The van der Waals surface area contributed by atoms with E-state index in [1.54, 1.807) is 12.3 Å². The van der Waals surface area contributed by atoms with Crippen LogP contribution in [0.15, 0.2) is 16.7 Å². The predicted octanol–water partition coefficient (Wildman–Crippen LogP) is 2.79. The minimum absolute atomic E-state index is 0.475. The summed E-state index contributed by atoms with van der Waals surface area (Å²) in [5.41, 5.74) is 1.10. The maximum atomic E-state index is 10.5. The molecule has 13 heavy (non-hydrogen) atoms. The highest BCUT2D eigenvalue weighted by molar-refractivity contribution is 9.10. The predicted molar refractivity (Wildman–Crippen MR) is 54.2 cm³/mol. The smallest absolute Gasteiger partial charge is 0.166 e. The molecular weight excluding hydrogens is 255 g/mol. The van der Waals surface area contributed by atoms with E-state index >= 15 is 0 Å². The molecule has 0 aromatic carbocycles. The van der Waals surface area contributed by atoms with Crippen molar-refractivity contribution < 1.29 is 4.79 Å². The molecule has 0 atom stereocenters. The molecule has 0 aliphatic rings. The van der Waals surface area contributed by atoms with Crippen LogP contribution in [0.3, 0.4) is 0 Å². The second-order valence-corrected chi connectivity index (χ2v) is 3.76. The summed E-state index contributed by atoms with van der Waals surface area (Å²) < 4.78 is 0.720. The summed E-state index contributed by atoms with van der Waals surface area (Å²) in [6.07, 6.45) is 2.32. The van der Waals surface area contributed by atoms with E-state index in [2.05, 4.69) is 25.9 Å². The number of carbonyl (C=O) groups excluding carboxylic acids is 1. The van der Waals surface area contributed by atoms with Crippen molar-refractivity contribution in [2.45, 2.75) is 0 Å². The number of halogens is 2. The van der Waals surface area contributed by atoms with E-state index in [-0.39, 0.29) is 0 Å². The van der Waals surface area contributed by atoms with Crippen LogP contribution < -0.4 is 0 Å². The van der Waals surface area contributed by atoms with Gasteiger partial charge in [0, 0.05) is 11.6 Å². The highest BCUT2D eigenvalue weighted by atomic mass is 79.9. The van der Waals surface area contributed by atoms with Crippen LogP contribution in [0.25, 0.3) is 11.0 Å². The first-order chi connectivity index (χ1) is 6.22. The Bertz CT molecular complexity index is 480. The van der Waals surface area contributed by atoms with Crippen LogP contribution in [-0.2, 0) is 0 Å². The van der Waals surface area contributed by atoms with Gasteiger partial charge in [0.2, 0.25) is 0 Å². The van der Waals surface area contributed by atoms with Gasteiger partial charge in [0.05, 0.1) is 15.2 Å². The fraction of sp³-hybridized carbons (Fsp3) is 0. The Morgan fingerprint density at radius 2 is 2.38 bits per heavy atom. The fourth-order valence-corrected chi connectivity index (χ4v) is 1.61. The zero-order valence-electron chi connectivity index (χ0n) is 6.34. The average Bonchev–Trinajstić information content (AvgIpc) is 2.55. The summed E-state index contributed by atoms with van der Waals surface area (Å²) >= 11 is 9.22. The minimum Gasteiger partial charge on any atom is -0.337 e. The molecule has 0 bridgehead atoms. The number of carbonyl (C=O) groups is 1. The standard InChI is InChI=1S/C8H4BrClN2O/c9-6-2-11-8-5(7(6)10)1-4(3-13)12-8/h1-3H,(H,11,12). The number of nitrogens with one attached hydrogen (secondary N) is 1. The lowest BCUT2D eigenvalue weighted by Gasteiger charge is -1.94. The lowest BCUT2D eigenvalue weighted by molar-refractivity contribution is 0.112. The van der Waals surface area contributed by atoms with Crippen LogP contribution >= 0.6 is 27.5 Å². The molecule has 2 heterocycles. The van der Waals surface area contributed by atoms with Crippen LogP contribution in [0.4, 0.5) is 0 Å². The van der Waals surface area contributed by atoms with Gasteiger partial charge >= 0.3 is 0 Å². The van der Waals surface area contributed by atoms with Crippen LogP contribution in [0.5, 0.6) is 0 Å². The van der Waals surface area contributed by atoms with Crippen LogP contribution in [-0.4, -0.2) is 16.3 Å². The Morgan fingerprint density at radius 1 is 1.62 bits per heavy atom. The molecular formula is C8H4BrClN2O. The fourth-order valence-electron chi connectivity index (χ4n) is 1.10. The van der Waals surface area contributed by atoms with Crippen molar-refractivity contribution >= 4 is 44.9 Å². The van der Waals surface area contributed by atoms with E-state index in [0.717, 1.165) is 16.1 Å². The lowest BCUT2D eigenvalue weighted by atomic mass is 10.3. The number of aromatic amines is 1. The number of aldehydes is 1. The van der Waals surface area contributed by atoms with Gasteiger partial charge in [-0.05, 0) is 22.0 Å². The Morgan fingerprint density at radius 3 is 3.08 bits per heavy atom. The summed E-state index contributed by atoms with van der Waals surface area (Å²) in [6.45, 7) is 0. The van der Waals surface area contributed by atoms with Crippen molar-refractivity contribution in [3.8, 4) is 0 Å². The van der Waals surface area contributed by atoms with Gasteiger partial charge in [0.1, 0.15) is 5.65 Å². The van der Waals surface area contributed by atoms with Crippen molar-refractivity contribution in [1.82, 2.24) is 9.97 Å². The van der Waals surface area contributed by atoms with E-state index in [0.29, 0.717) is 16.4 Å². The molecule has 3 nitrogen and oxygen atoms in total. The summed E-state index contributed by atoms with van der Waals surface area (Å²) in [7, 11) is 0. The van der Waals surface area contributed by atoms with Crippen LogP contribution in [0.1, 0.15) is 10.5 Å². The molecule has 0 aliphatic heterocycles. The zero-order valence-corrected chi connectivity index (χ0v) is 8.69. The van der Waals surface area contributed by atoms with Crippen molar-refractivity contribution in [2.75, 3.05) is 0 Å². The Hall–Kier alpha value is -0.870. The van der Waals surface area contributed by atoms with Crippen molar-refractivity contribution in [1.29, 1.82) is 0 Å². The topological polar surface area (TPSA) is 45.8 Å². The highest BCUT2D eigenvalue weighted by Crippen LogP contribution is 2.29. The molecule has 0 unspecified atom stereocenters. The number of nitrogens with zero attached hydrogens (tertiary/aromatic N) is 1. The van der Waals surface area contributed by atoms with Crippen LogP contribution in [0, 0.1) is 0 Å². The van der Waals surface area contributed by atoms with E-state index in [1.807, 2.05) is 0 Å². The van der Waals surface area contributed by atoms with E-state index in [9.17, 15) is 4.79 Å². The summed E-state index contributed by atoms with van der Waals surface area (Å²) in [4.78, 5) is 17.4. The first-order valence-corrected chi connectivity index (χ1v) is 4.67. The maximum Gasteiger partial charge on any atom is 0.166 e. The number of aromatic nitrogens is 2. The number of pyridine rings is 1. The molecule has 1 N–H and O–H groups in total. The molecule has 0 saturated carbocycles. The quantitative estimate of drug-likeness (QED) is 0.801. The minimum atomic E-state index is 0.475. The number of rotatable bonds is 1. The van der Waals surface area contributed by atoms with E-state index in [4.69, 9.17) is 11.6 Å². The average molecular weight is 259 g/mol. The molecule has 0 aliphatic carbocycles. The molecule has 2 aromatic heterocycles. The molecule has 5 heteroatoms. The van der Waals surface area contributed by atoms with Gasteiger partial charge in [0.15, 0.2) is 6.29 Å². The second-order valence-electron chi connectivity index (χ2n) is 2.52. The number of hydrogen-bond donors (Lipinski definition) is 1. The van der Waals surface area contributed by atoms with Crippen LogP contribution in [0.2, 0.25) is 5.02 Å². The van der Waals surface area contributed by atoms with Gasteiger partial charge in [0.25, 0.3) is 0 Å². The Kier molecular flexibility index (Phi) is 2.09. The highest BCUT2D eigenvalue weighted by Gasteiger charge is 2.07.